The van der Waals surface area contributed by atoms with Crippen LogP contribution in [0.15, 0.2) is 18.2 Å². The molecule has 0 aliphatic heterocycles. The van der Waals surface area contributed by atoms with Crippen LogP contribution in [0.3, 0.4) is 0 Å². The predicted molar refractivity (Wildman–Crippen MR) is 98.8 cm³/mol. The number of hydrogen-bond acceptors (Lipinski definition) is 3. The maximum atomic E-state index is 10.4. The largest absolute Gasteiger partial charge is 0.508 e. The average molecular weight is 335 g/mol. The molecule has 3 nitrogen and oxygen atoms in total. The second kappa shape index (κ2) is 9.93. The number of aliphatic hydroxyl groups is 1. The Kier molecular flexibility index (Phi) is 7.90. The van der Waals surface area contributed by atoms with Crippen LogP contribution in [0.25, 0.3) is 0 Å². The quantitative estimate of drug-likeness (QED) is 0.583. The highest BCUT2D eigenvalue weighted by Gasteiger charge is 2.24. The first kappa shape index (κ1) is 19.1. The molecule has 3 atom stereocenters. The molecule has 1 aliphatic carbocycles. The van der Waals surface area contributed by atoms with Gasteiger partial charge in [0.1, 0.15) is 11.5 Å². The van der Waals surface area contributed by atoms with Gasteiger partial charge in [-0.2, -0.15) is 0 Å². The van der Waals surface area contributed by atoms with E-state index in [1.807, 2.05) is 12.1 Å². The summed E-state index contributed by atoms with van der Waals surface area (Å²) in [4.78, 5) is 0. The van der Waals surface area contributed by atoms with Gasteiger partial charge in [0.25, 0.3) is 0 Å². The molecule has 136 valence electrons. The SMILES string of the molecule is CCCCCCCC(C)Oc1ccc([C@H]2CCC[C@@H](O)C2)c(O)c1. The molecule has 0 saturated heterocycles. The predicted octanol–water partition coefficient (Wildman–Crippen LogP) is 5.54. The van der Waals surface area contributed by atoms with Crippen molar-refractivity contribution in [3.05, 3.63) is 23.8 Å². The summed E-state index contributed by atoms with van der Waals surface area (Å²) in [6.45, 7) is 4.33. The Morgan fingerprint density at radius 1 is 1.17 bits per heavy atom. The van der Waals surface area contributed by atoms with Crippen LogP contribution < -0.4 is 4.74 Å². The van der Waals surface area contributed by atoms with Gasteiger partial charge in [0, 0.05) is 6.07 Å². The van der Waals surface area contributed by atoms with Crippen molar-refractivity contribution in [1.29, 1.82) is 0 Å². The first-order chi connectivity index (χ1) is 11.6. The summed E-state index contributed by atoms with van der Waals surface area (Å²) in [5.41, 5.74) is 0.952. The van der Waals surface area contributed by atoms with Crippen molar-refractivity contribution in [1.82, 2.24) is 0 Å². The summed E-state index contributed by atoms with van der Waals surface area (Å²) < 4.78 is 5.96. The first-order valence-corrected chi connectivity index (χ1v) is 9.77. The van der Waals surface area contributed by atoms with E-state index in [4.69, 9.17) is 4.74 Å². The smallest absolute Gasteiger partial charge is 0.123 e. The lowest BCUT2D eigenvalue weighted by atomic mass is 9.82. The zero-order valence-corrected chi connectivity index (χ0v) is 15.3. The summed E-state index contributed by atoms with van der Waals surface area (Å²) in [5, 5.41) is 20.2. The number of unbranched alkanes of at least 4 members (excludes halogenated alkanes) is 4. The third-order valence-electron chi connectivity index (χ3n) is 5.14. The topological polar surface area (TPSA) is 49.7 Å². The van der Waals surface area contributed by atoms with E-state index >= 15 is 0 Å². The van der Waals surface area contributed by atoms with Crippen molar-refractivity contribution in [3.63, 3.8) is 0 Å². The Labute approximate surface area is 147 Å². The number of phenols is 1. The summed E-state index contributed by atoms with van der Waals surface area (Å²) in [5.74, 6) is 1.31. The molecule has 0 spiro atoms. The molecule has 1 fully saturated rings. The summed E-state index contributed by atoms with van der Waals surface area (Å²) >= 11 is 0. The molecular formula is C21H34O3. The molecule has 2 N–H and O–H groups in total. The first-order valence-electron chi connectivity index (χ1n) is 9.77. The van der Waals surface area contributed by atoms with Crippen molar-refractivity contribution in [2.45, 2.75) is 96.2 Å². The molecule has 1 aromatic carbocycles. The normalized spacial score (nSPS) is 22.3. The Balaban J connectivity index is 1.83. The number of phenolic OH excluding ortho intramolecular Hbond substituents is 1. The van der Waals surface area contributed by atoms with E-state index in [0.29, 0.717) is 5.75 Å². The van der Waals surface area contributed by atoms with E-state index in [1.54, 1.807) is 6.07 Å². The standard InChI is InChI=1S/C21H34O3/c1-3-4-5-6-7-9-16(2)24-19-12-13-20(21(23)15-19)17-10-8-11-18(22)14-17/h12-13,15-18,22-23H,3-11,14H2,1-2H3/t16?,17-,18+/m0/s1. The van der Waals surface area contributed by atoms with Crippen molar-refractivity contribution >= 4 is 0 Å². The van der Waals surface area contributed by atoms with Crippen molar-refractivity contribution < 1.29 is 14.9 Å². The van der Waals surface area contributed by atoms with Crippen LogP contribution in [0, 0.1) is 0 Å². The second-order valence-electron chi connectivity index (χ2n) is 7.37. The van der Waals surface area contributed by atoms with Gasteiger partial charge in [-0.25, -0.2) is 0 Å². The Hall–Kier alpha value is -1.22. The van der Waals surface area contributed by atoms with Crippen LogP contribution in [-0.4, -0.2) is 22.4 Å². The number of aromatic hydroxyl groups is 1. The maximum absolute atomic E-state index is 10.4. The third kappa shape index (κ3) is 6.01. The van der Waals surface area contributed by atoms with Crippen molar-refractivity contribution in [2.75, 3.05) is 0 Å². The molecule has 0 amide bonds. The Morgan fingerprint density at radius 3 is 2.67 bits per heavy atom. The third-order valence-corrected chi connectivity index (χ3v) is 5.14. The molecule has 1 saturated carbocycles. The molecule has 1 aliphatic rings. The van der Waals surface area contributed by atoms with E-state index in [0.717, 1.165) is 43.4 Å². The van der Waals surface area contributed by atoms with Gasteiger partial charge in [0.05, 0.1) is 12.2 Å². The summed E-state index contributed by atoms with van der Waals surface area (Å²) in [7, 11) is 0. The van der Waals surface area contributed by atoms with E-state index in [9.17, 15) is 10.2 Å². The molecule has 1 unspecified atom stereocenters. The van der Waals surface area contributed by atoms with Gasteiger partial charge in [-0.1, -0.05) is 45.1 Å². The van der Waals surface area contributed by atoms with Crippen LogP contribution in [0.5, 0.6) is 11.5 Å². The van der Waals surface area contributed by atoms with Crippen LogP contribution in [0.2, 0.25) is 0 Å². The van der Waals surface area contributed by atoms with Crippen LogP contribution in [0.4, 0.5) is 0 Å². The number of hydrogen-bond donors (Lipinski definition) is 2. The average Bonchev–Trinajstić information content (AvgIpc) is 2.55. The van der Waals surface area contributed by atoms with E-state index in [1.165, 1.54) is 32.1 Å². The van der Waals surface area contributed by atoms with E-state index in [-0.39, 0.29) is 18.1 Å². The highest BCUT2D eigenvalue weighted by molar-refractivity contribution is 5.42. The minimum atomic E-state index is -0.230. The number of aliphatic hydroxyl groups excluding tert-OH is 1. The lowest BCUT2D eigenvalue weighted by Gasteiger charge is -2.27. The molecule has 2 rings (SSSR count). The fourth-order valence-electron chi connectivity index (χ4n) is 3.72. The Bertz CT molecular complexity index is 486. The lowest BCUT2D eigenvalue weighted by Crippen LogP contribution is -2.18. The van der Waals surface area contributed by atoms with Gasteiger partial charge in [-0.05, 0) is 56.6 Å². The van der Waals surface area contributed by atoms with E-state index < -0.39 is 0 Å². The molecule has 3 heteroatoms. The zero-order valence-electron chi connectivity index (χ0n) is 15.3. The van der Waals surface area contributed by atoms with Gasteiger partial charge in [0.15, 0.2) is 0 Å². The molecule has 0 radical (unpaired) electrons. The molecule has 0 heterocycles. The number of rotatable bonds is 9. The van der Waals surface area contributed by atoms with Gasteiger partial charge in [-0.3, -0.25) is 0 Å². The zero-order chi connectivity index (χ0) is 17.4. The minimum absolute atomic E-state index is 0.174. The van der Waals surface area contributed by atoms with Gasteiger partial charge >= 0.3 is 0 Å². The van der Waals surface area contributed by atoms with Crippen LogP contribution in [0.1, 0.15) is 89.5 Å². The second-order valence-corrected chi connectivity index (χ2v) is 7.37. The van der Waals surface area contributed by atoms with Gasteiger partial charge < -0.3 is 14.9 Å². The summed E-state index contributed by atoms with van der Waals surface area (Å²) in [6.07, 6.45) is 11.1. The number of benzene rings is 1. The highest BCUT2D eigenvalue weighted by Crippen LogP contribution is 2.38. The molecule has 1 aromatic rings. The highest BCUT2D eigenvalue weighted by atomic mass is 16.5. The van der Waals surface area contributed by atoms with Crippen LogP contribution >= 0.6 is 0 Å². The molecule has 0 aromatic heterocycles. The fraction of sp³-hybridized carbons (Fsp3) is 0.714. The number of ether oxygens (including phenoxy) is 1. The maximum Gasteiger partial charge on any atom is 0.123 e. The molecular weight excluding hydrogens is 300 g/mol. The van der Waals surface area contributed by atoms with Gasteiger partial charge in [0.2, 0.25) is 0 Å². The molecule has 0 bridgehead atoms. The lowest BCUT2D eigenvalue weighted by molar-refractivity contribution is 0.119. The van der Waals surface area contributed by atoms with Crippen LogP contribution in [-0.2, 0) is 0 Å². The van der Waals surface area contributed by atoms with Crippen molar-refractivity contribution in [3.8, 4) is 11.5 Å². The molecule has 24 heavy (non-hydrogen) atoms. The van der Waals surface area contributed by atoms with Crippen molar-refractivity contribution in [2.24, 2.45) is 0 Å². The Morgan fingerprint density at radius 2 is 1.96 bits per heavy atom. The monoisotopic (exact) mass is 334 g/mol. The van der Waals surface area contributed by atoms with Gasteiger partial charge in [-0.15, -0.1) is 0 Å². The summed E-state index contributed by atoms with van der Waals surface area (Å²) in [6, 6.07) is 5.68. The van der Waals surface area contributed by atoms with E-state index in [2.05, 4.69) is 13.8 Å². The fourth-order valence-corrected chi connectivity index (χ4v) is 3.72. The minimum Gasteiger partial charge on any atom is -0.508 e.